The second-order valence-corrected chi connectivity index (χ2v) is 10.7. The average Bonchev–Trinajstić information content (AvgIpc) is 2.79. The summed E-state index contributed by atoms with van der Waals surface area (Å²) >= 11 is 6.27. The highest BCUT2D eigenvalue weighted by Crippen LogP contribution is 2.36. The fraction of sp³-hybridized carbons (Fsp3) is 0.318. The smallest absolute Gasteiger partial charge is 0.338 e. The first-order chi connectivity index (χ1) is 16.6. The van der Waals surface area contributed by atoms with Crippen LogP contribution in [0.5, 0.6) is 0 Å². The van der Waals surface area contributed by atoms with Crippen LogP contribution in [0.2, 0.25) is 5.02 Å². The molecule has 0 spiro atoms. The number of methoxy groups -OCH3 is 1. The zero-order valence-electron chi connectivity index (χ0n) is 18.4. The third kappa shape index (κ3) is 5.49. The molecule has 3 heterocycles. The van der Waals surface area contributed by atoms with Gasteiger partial charge in [-0.1, -0.05) is 17.7 Å². The Labute approximate surface area is 204 Å². The topological polar surface area (TPSA) is 101 Å². The molecule has 2 aliphatic heterocycles. The number of pyridine rings is 1. The maximum Gasteiger partial charge on any atom is 0.338 e. The Balaban J connectivity index is 1.83. The van der Waals surface area contributed by atoms with Gasteiger partial charge in [0.05, 0.1) is 30.4 Å². The van der Waals surface area contributed by atoms with Crippen molar-refractivity contribution in [2.24, 2.45) is 4.99 Å². The van der Waals surface area contributed by atoms with Gasteiger partial charge in [0.2, 0.25) is 0 Å². The van der Waals surface area contributed by atoms with Gasteiger partial charge in [-0.15, -0.1) is 0 Å². The van der Waals surface area contributed by atoms with Gasteiger partial charge >= 0.3 is 5.97 Å². The summed E-state index contributed by atoms with van der Waals surface area (Å²) in [5.41, 5.74) is 0.212. The summed E-state index contributed by atoms with van der Waals surface area (Å²) in [6, 6.07) is 3.04. The standard InChI is InChI=1S/C22H20ClF3N4O4S/c1-34-22(31)18-17(11-30-4-6-35(32,33)7-5-30)28-21(20-16(26)9-13(25)10-27-20)29-19(18)14-3-2-12(24)8-15(14)23/h2-3,8-10,19H,4-7,11H2,1H3,(H,28,29)/t19-/m0/s1. The summed E-state index contributed by atoms with van der Waals surface area (Å²) in [5, 5.41) is 2.86. The number of ether oxygens (including phenoxy) is 1. The number of sulfone groups is 1. The van der Waals surface area contributed by atoms with Gasteiger partial charge in [-0.3, -0.25) is 9.89 Å². The lowest BCUT2D eigenvalue weighted by Crippen LogP contribution is -2.45. The van der Waals surface area contributed by atoms with Crippen LogP contribution in [0.4, 0.5) is 13.2 Å². The minimum atomic E-state index is -3.16. The number of carbonyl (C=O) groups excluding carboxylic acids is 1. The Morgan fingerprint density at radius 1 is 1.20 bits per heavy atom. The lowest BCUT2D eigenvalue weighted by Gasteiger charge is -2.32. The van der Waals surface area contributed by atoms with Crippen molar-refractivity contribution in [3.05, 3.63) is 75.5 Å². The lowest BCUT2D eigenvalue weighted by atomic mass is 9.95. The van der Waals surface area contributed by atoms with E-state index in [2.05, 4.69) is 15.3 Å². The zero-order chi connectivity index (χ0) is 25.3. The summed E-state index contributed by atoms with van der Waals surface area (Å²) in [6.45, 7) is 0.482. The molecular weight excluding hydrogens is 509 g/mol. The summed E-state index contributed by atoms with van der Waals surface area (Å²) in [7, 11) is -1.99. The summed E-state index contributed by atoms with van der Waals surface area (Å²) in [5.74, 6) is -3.49. The van der Waals surface area contributed by atoms with Gasteiger partial charge in [-0.25, -0.2) is 31.4 Å². The number of benzene rings is 1. The van der Waals surface area contributed by atoms with E-state index >= 15 is 0 Å². The predicted molar refractivity (Wildman–Crippen MR) is 122 cm³/mol. The maximum atomic E-state index is 14.6. The molecule has 13 heteroatoms. The first kappa shape index (κ1) is 25.1. The van der Waals surface area contributed by atoms with E-state index in [-0.39, 0.29) is 64.5 Å². The number of hydrogen-bond donors (Lipinski definition) is 1. The number of nitrogens with one attached hydrogen (secondary N) is 1. The van der Waals surface area contributed by atoms with Crippen LogP contribution in [0.15, 0.2) is 46.7 Å². The highest BCUT2D eigenvalue weighted by atomic mass is 35.5. The first-order valence-electron chi connectivity index (χ1n) is 10.4. The van der Waals surface area contributed by atoms with Crippen molar-refractivity contribution in [3.8, 4) is 0 Å². The third-order valence-electron chi connectivity index (χ3n) is 5.64. The van der Waals surface area contributed by atoms with Gasteiger partial charge in [0.25, 0.3) is 0 Å². The van der Waals surface area contributed by atoms with Gasteiger partial charge in [-0.2, -0.15) is 0 Å². The van der Waals surface area contributed by atoms with Gasteiger partial charge in [0.1, 0.15) is 23.4 Å². The van der Waals surface area contributed by atoms with E-state index in [0.717, 1.165) is 18.3 Å². The van der Waals surface area contributed by atoms with Crippen LogP contribution in [0.3, 0.4) is 0 Å². The molecule has 1 fully saturated rings. The molecule has 1 atom stereocenters. The Kier molecular flexibility index (Phi) is 7.15. The van der Waals surface area contributed by atoms with E-state index in [0.29, 0.717) is 6.07 Å². The maximum absolute atomic E-state index is 14.6. The van der Waals surface area contributed by atoms with Gasteiger partial charge < -0.3 is 10.1 Å². The molecule has 1 saturated heterocycles. The third-order valence-corrected chi connectivity index (χ3v) is 7.58. The van der Waals surface area contributed by atoms with Crippen molar-refractivity contribution in [2.75, 3.05) is 38.2 Å². The first-order valence-corrected chi connectivity index (χ1v) is 12.6. The SMILES string of the molecule is COC(=O)C1=C(CN2CCS(=O)(=O)CC2)NC(c2ncc(F)cc2F)=N[C@H]1c1ccc(F)cc1Cl. The van der Waals surface area contributed by atoms with E-state index in [1.807, 2.05) is 0 Å². The van der Waals surface area contributed by atoms with Crippen LogP contribution in [0.25, 0.3) is 0 Å². The fourth-order valence-electron chi connectivity index (χ4n) is 3.86. The quantitative estimate of drug-likeness (QED) is 0.595. The Morgan fingerprint density at radius 3 is 2.54 bits per heavy atom. The molecule has 35 heavy (non-hydrogen) atoms. The molecule has 0 saturated carbocycles. The molecule has 8 nitrogen and oxygen atoms in total. The Hall–Kier alpha value is -2.96. The number of nitrogens with zero attached hydrogens (tertiary/aromatic N) is 3. The van der Waals surface area contributed by atoms with Crippen LogP contribution in [0, 0.1) is 17.5 Å². The van der Waals surface area contributed by atoms with Crippen molar-refractivity contribution in [3.63, 3.8) is 0 Å². The molecule has 0 unspecified atom stereocenters. The summed E-state index contributed by atoms with van der Waals surface area (Å²) in [4.78, 5) is 22.9. The predicted octanol–water partition coefficient (Wildman–Crippen LogP) is 2.40. The van der Waals surface area contributed by atoms with Crippen LogP contribution in [-0.2, 0) is 19.4 Å². The number of aliphatic imine (C=N–C) groups is 1. The highest BCUT2D eigenvalue weighted by Gasteiger charge is 2.35. The normalized spacial score (nSPS) is 20.3. The number of esters is 1. The van der Waals surface area contributed by atoms with Crippen molar-refractivity contribution in [1.29, 1.82) is 0 Å². The largest absolute Gasteiger partial charge is 0.466 e. The van der Waals surface area contributed by atoms with Crippen LogP contribution in [-0.4, -0.2) is 68.4 Å². The number of amidine groups is 1. The average molecular weight is 529 g/mol. The number of hydrogen-bond acceptors (Lipinski definition) is 8. The molecule has 2 aromatic rings. The van der Waals surface area contributed by atoms with Crippen LogP contribution in [0.1, 0.15) is 17.3 Å². The summed E-state index contributed by atoms with van der Waals surface area (Å²) in [6.07, 6.45) is 0.817. The van der Waals surface area contributed by atoms with E-state index in [9.17, 15) is 26.4 Å². The van der Waals surface area contributed by atoms with Gasteiger partial charge in [-0.05, 0) is 12.1 Å². The van der Waals surface area contributed by atoms with E-state index in [1.54, 1.807) is 4.90 Å². The molecule has 0 radical (unpaired) electrons. The Morgan fingerprint density at radius 2 is 1.91 bits per heavy atom. The number of halogens is 4. The minimum Gasteiger partial charge on any atom is -0.466 e. The van der Waals surface area contributed by atoms with E-state index in [1.165, 1.54) is 13.2 Å². The van der Waals surface area contributed by atoms with E-state index < -0.39 is 39.3 Å². The molecule has 186 valence electrons. The van der Waals surface area contributed by atoms with Crippen LogP contribution >= 0.6 is 11.6 Å². The van der Waals surface area contributed by atoms with Crippen molar-refractivity contribution < 1.29 is 31.1 Å². The van der Waals surface area contributed by atoms with Crippen molar-refractivity contribution >= 4 is 33.2 Å². The molecule has 0 amide bonds. The van der Waals surface area contributed by atoms with Crippen molar-refractivity contribution in [2.45, 2.75) is 6.04 Å². The van der Waals surface area contributed by atoms with Gasteiger partial charge in [0.15, 0.2) is 21.5 Å². The number of carbonyl (C=O) groups is 1. The molecule has 4 rings (SSSR count). The second-order valence-electron chi connectivity index (χ2n) is 7.97. The molecule has 0 bridgehead atoms. The molecular formula is C22H20ClF3N4O4S. The second kappa shape index (κ2) is 9.96. The lowest BCUT2D eigenvalue weighted by molar-refractivity contribution is -0.136. The zero-order valence-corrected chi connectivity index (χ0v) is 20.0. The van der Waals surface area contributed by atoms with Crippen molar-refractivity contribution in [1.82, 2.24) is 15.2 Å². The molecule has 1 N–H and O–H groups in total. The minimum absolute atomic E-state index is 0.0284. The summed E-state index contributed by atoms with van der Waals surface area (Å²) < 4.78 is 70.4. The van der Waals surface area contributed by atoms with Crippen LogP contribution < -0.4 is 5.32 Å². The van der Waals surface area contributed by atoms with E-state index in [4.69, 9.17) is 16.3 Å². The monoisotopic (exact) mass is 528 g/mol. The Bertz CT molecular complexity index is 1340. The highest BCUT2D eigenvalue weighted by molar-refractivity contribution is 7.91. The van der Waals surface area contributed by atoms with Gasteiger partial charge in [0, 0.05) is 42.0 Å². The number of aromatic nitrogens is 1. The molecule has 2 aliphatic rings. The molecule has 1 aromatic heterocycles. The molecule has 1 aromatic carbocycles. The number of rotatable bonds is 5. The fourth-order valence-corrected chi connectivity index (χ4v) is 5.41. The molecule has 0 aliphatic carbocycles.